The molecule has 0 fully saturated rings. The highest BCUT2D eigenvalue weighted by Crippen LogP contribution is 2.32. The van der Waals surface area contributed by atoms with E-state index in [2.05, 4.69) is 72.9 Å². The minimum Gasteiger partial charge on any atom is -0.256 e. The topological polar surface area (TPSA) is 12.4 Å². The molecule has 174 valence electrons. The zero-order chi connectivity index (χ0) is 23.2. The van der Waals surface area contributed by atoms with Gasteiger partial charge < -0.3 is 0 Å². The Morgan fingerprint density at radius 1 is 1.00 bits per heavy atom. The summed E-state index contributed by atoms with van der Waals surface area (Å²) in [5.41, 5.74) is 6.18. The van der Waals surface area contributed by atoms with Crippen LogP contribution in [0.25, 0.3) is 0 Å². The molecule has 0 spiro atoms. The number of hydrogen-bond donors (Lipinski definition) is 0. The Hall–Kier alpha value is -1.63. The number of hydrogen-bond acceptors (Lipinski definition) is 1. The Morgan fingerprint density at radius 2 is 1.68 bits per heavy atom. The van der Waals surface area contributed by atoms with Crippen LogP contribution in [-0.2, 0) is 0 Å². The predicted molar refractivity (Wildman–Crippen MR) is 142 cm³/mol. The summed E-state index contributed by atoms with van der Waals surface area (Å²) in [6, 6.07) is 0. The minimum absolute atomic E-state index is 0.659. The van der Waals surface area contributed by atoms with Crippen LogP contribution in [0.4, 0.5) is 0 Å². The molecule has 0 aromatic rings. The summed E-state index contributed by atoms with van der Waals surface area (Å²) in [6.45, 7) is 22.3. The van der Waals surface area contributed by atoms with Gasteiger partial charge in [0.2, 0.25) is 0 Å². The molecule has 2 unspecified atom stereocenters. The Balaban J connectivity index is 2.97. The lowest BCUT2D eigenvalue weighted by atomic mass is 9.82. The second-order valence-corrected chi connectivity index (χ2v) is 9.84. The highest BCUT2D eigenvalue weighted by atomic mass is 14.7. The molecule has 0 saturated carbocycles. The maximum absolute atomic E-state index is 4.73. The Kier molecular flexibility index (Phi) is 13.5. The van der Waals surface area contributed by atoms with Gasteiger partial charge in [-0.2, -0.15) is 0 Å². The SMILES string of the molecule is C=C/N=C1/C(C(=C)CC(C)CCCC)=CC=C/C1=C(/C)CC(C)CC(CCC)CCC. The van der Waals surface area contributed by atoms with Gasteiger partial charge in [-0.25, -0.2) is 0 Å². The van der Waals surface area contributed by atoms with Crippen LogP contribution in [0.15, 0.2) is 64.9 Å². The van der Waals surface area contributed by atoms with Crippen LogP contribution in [0.5, 0.6) is 0 Å². The Labute approximate surface area is 194 Å². The van der Waals surface area contributed by atoms with Gasteiger partial charge in [0, 0.05) is 11.8 Å². The zero-order valence-electron chi connectivity index (χ0n) is 21.5. The normalized spacial score (nSPS) is 18.8. The summed E-state index contributed by atoms with van der Waals surface area (Å²) in [4.78, 5) is 4.73. The largest absolute Gasteiger partial charge is 0.256 e. The second kappa shape index (κ2) is 15.2. The third-order valence-electron chi connectivity index (χ3n) is 6.53. The number of aliphatic imine (C=N–C) groups is 1. The molecule has 0 aromatic heterocycles. The van der Waals surface area contributed by atoms with Crippen LogP contribution < -0.4 is 0 Å². The Bertz CT molecular complexity index is 679. The number of allylic oxidation sites excluding steroid dienone is 7. The van der Waals surface area contributed by atoms with Gasteiger partial charge in [0.05, 0.1) is 5.71 Å². The summed E-state index contributed by atoms with van der Waals surface area (Å²) < 4.78 is 0. The monoisotopic (exact) mass is 423 g/mol. The fraction of sp³-hybridized carbons (Fsp3) is 0.633. The van der Waals surface area contributed by atoms with E-state index in [1.807, 2.05) is 0 Å². The Morgan fingerprint density at radius 3 is 2.26 bits per heavy atom. The predicted octanol–water partition coefficient (Wildman–Crippen LogP) is 9.79. The third kappa shape index (κ3) is 9.58. The molecule has 2 atom stereocenters. The third-order valence-corrected chi connectivity index (χ3v) is 6.53. The van der Waals surface area contributed by atoms with Gasteiger partial charge in [0.15, 0.2) is 0 Å². The molecule has 31 heavy (non-hydrogen) atoms. The summed E-state index contributed by atoms with van der Waals surface area (Å²) in [6.07, 6.45) is 20.9. The van der Waals surface area contributed by atoms with Crippen LogP contribution in [-0.4, -0.2) is 5.71 Å². The molecule has 1 heteroatoms. The quantitative estimate of drug-likeness (QED) is 0.248. The maximum Gasteiger partial charge on any atom is 0.0775 e. The maximum atomic E-state index is 4.73. The second-order valence-electron chi connectivity index (χ2n) is 9.84. The first kappa shape index (κ1) is 27.4. The standard InChI is InChI=1S/C30H49N/c1-9-13-17-23(5)20-25(7)28-18-14-19-29(30(28)31-12-4)26(8)21-24(6)22-27(15-10-2)16-11-3/h12,14,18-19,23-24,27H,4,7,9-11,13,15-17,20-22H2,1-3,5-6,8H3/b29-26+,31-30-. The number of nitrogens with zero attached hydrogens (tertiary/aromatic N) is 1. The summed E-state index contributed by atoms with van der Waals surface area (Å²) in [5.74, 6) is 2.22. The van der Waals surface area contributed by atoms with E-state index in [4.69, 9.17) is 4.99 Å². The summed E-state index contributed by atoms with van der Waals surface area (Å²) in [5, 5.41) is 0. The molecule has 0 radical (unpaired) electrons. The van der Waals surface area contributed by atoms with E-state index in [-0.39, 0.29) is 0 Å². The van der Waals surface area contributed by atoms with E-state index in [0.717, 1.165) is 24.5 Å². The first-order valence-corrected chi connectivity index (χ1v) is 12.8. The fourth-order valence-corrected chi connectivity index (χ4v) is 5.07. The van der Waals surface area contributed by atoms with Crippen LogP contribution >= 0.6 is 0 Å². The first-order valence-electron chi connectivity index (χ1n) is 12.8. The van der Waals surface area contributed by atoms with E-state index in [1.165, 1.54) is 73.7 Å². The van der Waals surface area contributed by atoms with Gasteiger partial charge in [0.1, 0.15) is 0 Å². The molecule has 0 aliphatic heterocycles. The van der Waals surface area contributed by atoms with Gasteiger partial charge in [-0.3, -0.25) is 4.99 Å². The lowest BCUT2D eigenvalue weighted by molar-refractivity contribution is 0.343. The van der Waals surface area contributed by atoms with Gasteiger partial charge in [0.25, 0.3) is 0 Å². The van der Waals surface area contributed by atoms with Crippen molar-refractivity contribution >= 4 is 5.71 Å². The van der Waals surface area contributed by atoms with Crippen LogP contribution in [0.3, 0.4) is 0 Å². The molecule has 0 bridgehead atoms. The average Bonchev–Trinajstić information content (AvgIpc) is 2.72. The molecule has 0 saturated heterocycles. The van der Waals surface area contributed by atoms with Crippen molar-refractivity contribution in [3.05, 3.63) is 59.9 Å². The summed E-state index contributed by atoms with van der Waals surface area (Å²) >= 11 is 0. The lowest BCUT2D eigenvalue weighted by Crippen LogP contribution is -2.14. The van der Waals surface area contributed by atoms with E-state index >= 15 is 0 Å². The smallest absolute Gasteiger partial charge is 0.0775 e. The highest BCUT2D eigenvalue weighted by Gasteiger charge is 2.21. The fourth-order valence-electron chi connectivity index (χ4n) is 5.07. The average molecular weight is 424 g/mol. The zero-order valence-corrected chi connectivity index (χ0v) is 21.5. The van der Waals surface area contributed by atoms with Gasteiger partial charge in [-0.1, -0.05) is 117 Å². The van der Waals surface area contributed by atoms with E-state index in [0.29, 0.717) is 11.8 Å². The van der Waals surface area contributed by atoms with Crippen molar-refractivity contribution in [1.29, 1.82) is 0 Å². The first-order chi connectivity index (χ1) is 14.9. The molecule has 1 rings (SSSR count). The van der Waals surface area contributed by atoms with Crippen molar-refractivity contribution in [2.45, 2.75) is 106 Å². The number of unbranched alkanes of at least 4 members (excludes halogenated alkanes) is 1. The molecular weight excluding hydrogens is 374 g/mol. The lowest BCUT2D eigenvalue weighted by Gasteiger charge is -2.24. The van der Waals surface area contributed by atoms with Gasteiger partial charge in [-0.05, 0) is 55.1 Å². The van der Waals surface area contributed by atoms with Crippen molar-refractivity contribution in [3.8, 4) is 0 Å². The molecule has 0 amide bonds. The molecule has 0 N–H and O–H groups in total. The minimum atomic E-state index is 0.659. The highest BCUT2D eigenvalue weighted by molar-refractivity contribution is 6.18. The van der Waals surface area contributed by atoms with E-state index in [9.17, 15) is 0 Å². The molecule has 1 aliphatic rings. The molecule has 0 heterocycles. The van der Waals surface area contributed by atoms with Crippen LogP contribution in [0, 0.1) is 17.8 Å². The number of rotatable bonds is 15. The van der Waals surface area contributed by atoms with Crippen molar-refractivity contribution in [1.82, 2.24) is 0 Å². The molecular formula is C30H49N. The molecule has 0 aromatic carbocycles. The van der Waals surface area contributed by atoms with Gasteiger partial charge in [-0.15, -0.1) is 0 Å². The van der Waals surface area contributed by atoms with Crippen LogP contribution in [0.2, 0.25) is 0 Å². The van der Waals surface area contributed by atoms with E-state index < -0.39 is 0 Å². The summed E-state index contributed by atoms with van der Waals surface area (Å²) in [7, 11) is 0. The van der Waals surface area contributed by atoms with Crippen molar-refractivity contribution < 1.29 is 0 Å². The van der Waals surface area contributed by atoms with Crippen LogP contribution in [0.1, 0.15) is 106 Å². The van der Waals surface area contributed by atoms with Crippen molar-refractivity contribution in [2.24, 2.45) is 22.7 Å². The molecule has 1 aliphatic carbocycles. The van der Waals surface area contributed by atoms with Gasteiger partial charge >= 0.3 is 0 Å². The van der Waals surface area contributed by atoms with Crippen molar-refractivity contribution in [3.63, 3.8) is 0 Å². The van der Waals surface area contributed by atoms with E-state index in [1.54, 1.807) is 6.20 Å². The van der Waals surface area contributed by atoms with Crippen molar-refractivity contribution in [2.75, 3.05) is 0 Å². The molecule has 1 nitrogen and oxygen atoms in total.